The molecular weight excluding hydrogens is 464 g/mol. The molecule has 1 N–H and O–H groups in total. The van der Waals surface area contributed by atoms with Gasteiger partial charge in [-0.3, -0.25) is 9.78 Å². The van der Waals surface area contributed by atoms with E-state index in [1.165, 1.54) is 26.1 Å². The molecule has 3 aromatic rings. The van der Waals surface area contributed by atoms with Crippen molar-refractivity contribution in [2.45, 2.75) is 39.1 Å². The molecule has 9 heteroatoms. The minimum Gasteiger partial charge on any atom is -0.478 e. The third-order valence-electron chi connectivity index (χ3n) is 5.43. The molecule has 2 aromatic carbocycles. The fourth-order valence-corrected chi connectivity index (χ4v) is 3.43. The summed E-state index contributed by atoms with van der Waals surface area (Å²) in [5.41, 5.74) is 1.11. The van der Waals surface area contributed by atoms with Gasteiger partial charge in [0.1, 0.15) is 31.0 Å². The first-order valence-corrected chi connectivity index (χ1v) is 11.2. The Bertz CT molecular complexity index is 1150. The zero-order valence-electron chi connectivity index (χ0n) is 19.9. The normalized spacial score (nSPS) is 12.2. The maximum Gasteiger partial charge on any atom is 0.335 e. The zero-order chi connectivity index (χ0) is 26.1. The summed E-state index contributed by atoms with van der Waals surface area (Å²) in [5, 5.41) is 9.28. The predicted octanol–water partition coefficient (Wildman–Crippen LogP) is 3.49. The minimum atomic E-state index is -1.25. The topological polar surface area (TPSA) is 123 Å². The highest BCUT2D eigenvalue weighted by Gasteiger charge is 2.36. The first-order valence-electron chi connectivity index (χ1n) is 11.2. The van der Waals surface area contributed by atoms with E-state index in [2.05, 4.69) is 4.98 Å². The maximum absolute atomic E-state index is 13.4. The van der Waals surface area contributed by atoms with Gasteiger partial charge in [0.15, 0.2) is 0 Å². The van der Waals surface area contributed by atoms with Crippen molar-refractivity contribution in [2.75, 3.05) is 0 Å². The number of rotatable bonds is 10. The van der Waals surface area contributed by atoms with E-state index in [4.69, 9.17) is 9.47 Å². The lowest BCUT2D eigenvalue weighted by atomic mass is 10.1. The van der Waals surface area contributed by atoms with Gasteiger partial charge in [-0.15, -0.1) is 0 Å². The molecule has 0 fully saturated rings. The van der Waals surface area contributed by atoms with Gasteiger partial charge in [0.05, 0.1) is 5.56 Å². The molecule has 0 radical (unpaired) electrons. The Morgan fingerprint density at radius 1 is 0.806 bits per heavy atom. The molecule has 1 heterocycles. The lowest BCUT2D eigenvalue weighted by Gasteiger charge is -2.31. The van der Waals surface area contributed by atoms with Crippen LogP contribution >= 0.6 is 0 Å². The molecule has 0 saturated heterocycles. The van der Waals surface area contributed by atoms with Crippen LogP contribution in [-0.2, 0) is 32.3 Å². The van der Waals surface area contributed by atoms with Gasteiger partial charge in [-0.05, 0) is 37.1 Å². The zero-order valence-corrected chi connectivity index (χ0v) is 19.9. The Hall–Kier alpha value is -4.53. The quantitative estimate of drug-likeness (QED) is 0.429. The van der Waals surface area contributed by atoms with Crippen LogP contribution in [0.15, 0.2) is 79.0 Å². The van der Waals surface area contributed by atoms with Crippen LogP contribution in [0.5, 0.6) is 0 Å². The number of amides is 1. The van der Waals surface area contributed by atoms with Crippen LogP contribution < -0.4 is 0 Å². The summed E-state index contributed by atoms with van der Waals surface area (Å²) in [6, 6.07) is 17.9. The number of hydrogen-bond donors (Lipinski definition) is 1. The van der Waals surface area contributed by atoms with Gasteiger partial charge in [-0.25, -0.2) is 14.4 Å². The summed E-state index contributed by atoms with van der Waals surface area (Å²) in [7, 11) is 0. The number of carboxylic acid groups (broad SMARTS) is 1. The van der Waals surface area contributed by atoms with E-state index in [9.17, 15) is 24.3 Å². The van der Waals surface area contributed by atoms with Gasteiger partial charge >= 0.3 is 17.9 Å². The lowest BCUT2D eigenvalue weighted by molar-refractivity contribution is -0.156. The number of carbonyl (C=O) groups excluding carboxylic acids is 3. The van der Waals surface area contributed by atoms with Gasteiger partial charge < -0.3 is 19.5 Å². The SMILES string of the molecule is CC(C(=O)OCc1ccccc1)N(C(=O)c1cc(C(=O)O)ccn1)C(C)C(=O)OCc1ccccc1. The molecule has 3 rings (SSSR count). The highest BCUT2D eigenvalue weighted by Crippen LogP contribution is 2.17. The standard InChI is InChI=1S/C27H26N2O7/c1-18(26(33)35-16-20-9-5-3-6-10-20)29(24(30)23-15-22(25(31)32)13-14-28-23)19(2)27(34)36-17-21-11-7-4-8-12-21/h3-15,18-19H,16-17H2,1-2H3,(H,31,32). The highest BCUT2D eigenvalue weighted by atomic mass is 16.5. The second-order valence-electron chi connectivity index (χ2n) is 7.99. The number of aromatic nitrogens is 1. The van der Waals surface area contributed by atoms with Crippen LogP contribution in [0, 0.1) is 0 Å². The number of aromatic carboxylic acids is 1. The van der Waals surface area contributed by atoms with E-state index >= 15 is 0 Å². The summed E-state index contributed by atoms with van der Waals surface area (Å²) < 4.78 is 10.8. The molecule has 1 amide bonds. The summed E-state index contributed by atoms with van der Waals surface area (Å²) in [5.74, 6) is -3.55. The fourth-order valence-electron chi connectivity index (χ4n) is 3.43. The van der Waals surface area contributed by atoms with E-state index in [0.29, 0.717) is 0 Å². The molecular formula is C27H26N2O7. The van der Waals surface area contributed by atoms with Crippen molar-refractivity contribution < 1.29 is 33.8 Å². The maximum atomic E-state index is 13.4. The fraction of sp³-hybridized carbons (Fsp3) is 0.222. The third kappa shape index (κ3) is 6.75. The van der Waals surface area contributed by atoms with Gasteiger partial charge in [-0.2, -0.15) is 0 Å². The minimum absolute atomic E-state index is 0.0222. The summed E-state index contributed by atoms with van der Waals surface area (Å²) in [4.78, 5) is 55.5. The van der Waals surface area contributed by atoms with Crippen molar-refractivity contribution >= 4 is 23.8 Å². The van der Waals surface area contributed by atoms with Crippen LogP contribution in [0.1, 0.15) is 45.8 Å². The van der Waals surface area contributed by atoms with Crippen LogP contribution in [0.2, 0.25) is 0 Å². The Labute approximate surface area is 208 Å². The molecule has 0 aliphatic rings. The molecule has 0 aliphatic carbocycles. The number of pyridine rings is 1. The Balaban J connectivity index is 1.82. The number of benzene rings is 2. The number of nitrogens with zero attached hydrogens (tertiary/aromatic N) is 2. The van der Waals surface area contributed by atoms with Gasteiger partial charge in [-0.1, -0.05) is 60.7 Å². The number of ether oxygens (including phenoxy) is 2. The number of esters is 2. The highest BCUT2D eigenvalue weighted by molar-refractivity contribution is 5.99. The molecule has 0 saturated carbocycles. The van der Waals surface area contributed by atoms with E-state index in [1.54, 1.807) is 48.5 Å². The molecule has 9 nitrogen and oxygen atoms in total. The van der Waals surface area contributed by atoms with E-state index < -0.39 is 35.9 Å². The first-order chi connectivity index (χ1) is 17.3. The van der Waals surface area contributed by atoms with Crippen molar-refractivity contribution in [3.63, 3.8) is 0 Å². The average molecular weight is 491 g/mol. The molecule has 0 spiro atoms. The van der Waals surface area contributed by atoms with Crippen LogP contribution in [0.3, 0.4) is 0 Å². The molecule has 0 bridgehead atoms. The third-order valence-corrected chi connectivity index (χ3v) is 5.43. The monoisotopic (exact) mass is 490 g/mol. The Morgan fingerprint density at radius 2 is 1.28 bits per heavy atom. The van der Waals surface area contributed by atoms with E-state index in [1.807, 2.05) is 12.1 Å². The van der Waals surface area contributed by atoms with E-state index in [0.717, 1.165) is 22.1 Å². The van der Waals surface area contributed by atoms with Crippen LogP contribution in [0.25, 0.3) is 0 Å². The van der Waals surface area contributed by atoms with Gasteiger partial charge in [0, 0.05) is 6.20 Å². The van der Waals surface area contributed by atoms with Crippen LogP contribution in [0.4, 0.5) is 0 Å². The molecule has 2 atom stereocenters. The number of carbonyl (C=O) groups is 4. The number of carboxylic acids is 1. The lowest BCUT2D eigenvalue weighted by Crippen LogP contribution is -2.52. The van der Waals surface area contributed by atoms with Gasteiger partial charge in [0.2, 0.25) is 0 Å². The average Bonchev–Trinajstić information content (AvgIpc) is 2.91. The second-order valence-corrected chi connectivity index (χ2v) is 7.99. The van der Waals surface area contributed by atoms with Crippen molar-refractivity contribution in [1.29, 1.82) is 0 Å². The Kier molecular flexibility index (Phi) is 8.88. The van der Waals surface area contributed by atoms with Crippen molar-refractivity contribution in [1.82, 2.24) is 9.88 Å². The predicted molar refractivity (Wildman–Crippen MR) is 129 cm³/mol. The van der Waals surface area contributed by atoms with E-state index in [-0.39, 0.29) is 24.5 Å². The van der Waals surface area contributed by atoms with Crippen molar-refractivity contribution in [2.24, 2.45) is 0 Å². The summed E-state index contributed by atoms with van der Waals surface area (Å²) in [6.07, 6.45) is 1.17. The molecule has 2 unspecified atom stereocenters. The largest absolute Gasteiger partial charge is 0.478 e. The smallest absolute Gasteiger partial charge is 0.335 e. The van der Waals surface area contributed by atoms with Gasteiger partial charge in [0.25, 0.3) is 5.91 Å². The number of hydrogen-bond acceptors (Lipinski definition) is 7. The Morgan fingerprint density at radius 3 is 1.72 bits per heavy atom. The molecule has 1 aromatic heterocycles. The summed E-state index contributed by atoms with van der Waals surface area (Å²) in [6.45, 7) is 2.80. The first kappa shape index (κ1) is 26.1. The van der Waals surface area contributed by atoms with Crippen molar-refractivity contribution in [3.05, 3.63) is 101 Å². The molecule has 0 aliphatic heterocycles. The summed E-state index contributed by atoms with van der Waals surface area (Å²) >= 11 is 0. The molecule has 36 heavy (non-hydrogen) atoms. The van der Waals surface area contributed by atoms with Crippen molar-refractivity contribution in [3.8, 4) is 0 Å². The second kappa shape index (κ2) is 12.3. The van der Waals surface area contributed by atoms with Crippen LogP contribution in [-0.4, -0.2) is 50.9 Å². The molecule has 186 valence electrons.